The molecule has 0 aliphatic heterocycles. The quantitative estimate of drug-likeness (QED) is 0.459. The Morgan fingerprint density at radius 3 is 2.95 bits per heavy atom. The van der Waals surface area contributed by atoms with E-state index in [4.69, 9.17) is 26.8 Å². The van der Waals surface area contributed by atoms with E-state index in [2.05, 4.69) is 22.1 Å². The van der Waals surface area contributed by atoms with Crippen LogP contribution in [-0.2, 0) is 0 Å². The van der Waals surface area contributed by atoms with Gasteiger partial charge in [-0.3, -0.25) is 5.43 Å². The molecule has 0 amide bonds. The third kappa shape index (κ3) is 4.12. The number of anilines is 2. The number of nitrogen functional groups attached to an aromatic ring is 1. The highest BCUT2D eigenvalue weighted by Gasteiger charge is 2.09. The number of ether oxygens (including phenoxy) is 2. The number of thiazole rings is 1. The van der Waals surface area contributed by atoms with Crippen LogP contribution in [0.1, 0.15) is 5.56 Å². The van der Waals surface area contributed by atoms with E-state index in [1.807, 2.05) is 0 Å². The molecule has 116 valence electrons. The topological polar surface area (TPSA) is 81.8 Å². The molecule has 2 rings (SSSR count). The number of nitrogens with two attached hydrogens (primary N) is 1. The van der Waals surface area contributed by atoms with E-state index in [1.165, 1.54) is 11.3 Å². The molecule has 0 atom stereocenters. The highest BCUT2D eigenvalue weighted by Crippen LogP contribution is 2.32. The molecule has 0 spiro atoms. The van der Waals surface area contributed by atoms with Gasteiger partial charge in [0.25, 0.3) is 0 Å². The third-order valence-electron chi connectivity index (χ3n) is 2.53. The molecular weight excluding hydrogens is 324 g/mol. The lowest BCUT2D eigenvalue weighted by atomic mass is 10.2. The van der Waals surface area contributed by atoms with Crippen molar-refractivity contribution in [1.82, 2.24) is 4.98 Å². The van der Waals surface area contributed by atoms with Crippen molar-refractivity contribution in [3.63, 3.8) is 0 Å². The number of aromatic nitrogens is 1. The zero-order valence-corrected chi connectivity index (χ0v) is 13.4. The molecule has 0 radical (unpaired) electrons. The Morgan fingerprint density at radius 1 is 1.50 bits per heavy atom. The normalized spacial score (nSPS) is 10.6. The van der Waals surface area contributed by atoms with Gasteiger partial charge in [-0.15, -0.1) is 11.3 Å². The largest absolute Gasteiger partial charge is 0.493 e. The maximum atomic E-state index is 6.21. The van der Waals surface area contributed by atoms with E-state index in [0.29, 0.717) is 39.6 Å². The van der Waals surface area contributed by atoms with Gasteiger partial charge in [-0.25, -0.2) is 4.98 Å². The summed E-state index contributed by atoms with van der Waals surface area (Å²) in [5.41, 5.74) is 8.99. The smallest absolute Gasteiger partial charge is 0.205 e. The summed E-state index contributed by atoms with van der Waals surface area (Å²) in [4.78, 5) is 4.03. The second kappa shape index (κ2) is 7.67. The SMILES string of the molecule is C=CCOc1cc(Cl)c(C=NNc2nc(N)cs2)cc1OC. The van der Waals surface area contributed by atoms with Crippen LogP contribution in [0.4, 0.5) is 10.9 Å². The lowest BCUT2D eigenvalue weighted by Crippen LogP contribution is -1.98. The summed E-state index contributed by atoms with van der Waals surface area (Å²) in [6.07, 6.45) is 3.21. The summed E-state index contributed by atoms with van der Waals surface area (Å²) in [6.45, 7) is 3.97. The monoisotopic (exact) mass is 338 g/mol. The minimum Gasteiger partial charge on any atom is -0.493 e. The van der Waals surface area contributed by atoms with Gasteiger partial charge in [0.1, 0.15) is 12.4 Å². The molecule has 0 aliphatic rings. The fourth-order valence-corrected chi connectivity index (χ4v) is 2.32. The van der Waals surface area contributed by atoms with Crippen LogP contribution < -0.4 is 20.6 Å². The van der Waals surface area contributed by atoms with Gasteiger partial charge in [-0.05, 0) is 6.07 Å². The Kier molecular flexibility index (Phi) is 5.62. The van der Waals surface area contributed by atoms with Crippen LogP contribution in [0.2, 0.25) is 5.02 Å². The van der Waals surface area contributed by atoms with Gasteiger partial charge in [-0.2, -0.15) is 5.10 Å². The van der Waals surface area contributed by atoms with E-state index in [1.54, 1.807) is 36.9 Å². The first-order valence-corrected chi connectivity index (χ1v) is 7.51. The van der Waals surface area contributed by atoms with Crippen molar-refractivity contribution in [2.45, 2.75) is 0 Å². The van der Waals surface area contributed by atoms with Crippen LogP contribution >= 0.6 is 22.9 Å². The third-order valence-corrected chi connectivity index (χ3v) is 3.62. The molecule has 0 unspecified atom stereocenters. The van der Waals surface area contributed by atoms with Crippen molar-refractivity contribution in [2.24, 2.45) is 5.10 Å². The molecular formula is C14H15ClN4O2S. The second-order valence-corrected chi connectivity index (χ2v) is 5.34. The summed E-state index contributed by atoms with van der Waals surface area (Å²) >= 11 is 7.57. The number of rotatable bonds is 7. The highest BCUT2D eigenvalue weighted by molar-refractivity contribution is 7.14. The molecule has 22 heavy (non-hydrogen) atoms. The molecule has 0 bridgehead atoms. The highest BCUT2D eigenvalue weighted by atomic mass is 35.5. The molecule has 1 aromatic carbocycles. The Labute approximate surface area is 137 Å². The molecule has 1 heterocycles. The predicted octanol–water partition coefficient (Wildman–Crippen LogP) is 3.40. The van der Waals surface area contributed by atoms with Crippen molar-refractivity contribution in [3.8, 4) is 11.5 Å². The summed E-state index contributed by atoms with van der Waals surface area (Å²) in [5, 5.41) is 6.89. The number of halogens is 1. The van der Waals surface area contributed by atoms with Crippen molar-refractivity contribution < 1.29 is 9.47 Å². The van der Waals surface area contributed by atoms with Gasteiger partial charge in [0.2, 0.25) is 5.13 Å². The Balaban J connectivity index is 2.14. The molecule has 0 aliphatic carbocycles. The Morgan fingerprint density at radius 2 is 2.32 bits per heavy atom. The molecule has 0 saturated carbocycles. The first-order valence-electron chi connectivity index (χ1n) is 6.25. The lowest BCUT2D eigenvalue weighted by molar-refractivity contribution is 0.326. The second-order valence-electron chi connectivity index (χ2n) is 4.07. The molecule has 3 N–H and O–H groups in total. The van der Waals surface area contributed by atoms with Gasteiger partial charge in [0, 0.05) is 17.0 Å². The number of hydrogen-bond acceptors (Lipinski definition) is 7. The Hall–Kier alpha value is -2.25. The summed E-state index contributed by atoms with van der Waals surface area (Å²) < 4.78 is 10.8. The number of nitrogens with zero attached hydrogens (tertiary/aromatic N) is 2. The van der Waals surface area contributed by atoms with Crippen molar-refractivity contribution in [2.75, 3.05) is 24.9 Å². The van der Waals surface area contributed by atoms with E-state index in [0.717, 1.165) is 0 Å². The minimum atomic E-state index is 0.368. The van der Waals surface area contributed by atoms with Gasteiger partial charge >= 0.3 is 0 Å². The van der Waals surface area contributed by atoms with Crippen LogP contribution in [0, 0.1) is 0 Å². The van der Waals surface area contributed by atoms with E-state index in [-0.39, 0.29) is 0 Å². The standard InChI is InChI=1S/C14H15ClN4O2S/c1-3-4-21-12-6-10(15)9(5-11(12)20-2)7-17-19-14-18-13(16)8-22-14/h3,5-8H,1,4,16H2,2H3,(H,18,19). The fourth-order valence-electron chi connectivity index (χ4n) is 1.57. The molecule has 8 heteroatoms. The maximum Gasteiger partial charge on any atom is 0.205 e. The van der Waals surface area contributed by atoms with Gasteiger partial charge in [-0.1, -0.05) is 24.3 Å². The first-order chi connectivity index (χ1) is 10.6. The van der Waals surface area contributed by atoms with Crippen LogP contribution in [-0.4, -0.2) is 24.9 Å². The zero-order valence-electron chi connectivity index (χ0n) is 11.9. The average molecular weight is 339 g/mol. The molecule has 1 aromatic heterocycles. The zero-order chi connectivity index (χ0) is 15.9. The minimum absolute atomic E-state index is 0.368. The molecule has 0 fully saturated rings. The molecule has 2 aromatic rings. The van der Waals surface area contributed by atoms with Crippen molar-refractivity contribution in [1.29, 1.82) is 0 Å². The van der Waals surface area contributed by atoms with Gasteiger partial charge in [0.05, 0.1) is 18.3 Å². The predicted molar refractivity (Wildman–Crippen MR) is 91.4 cm³/mol. The average Bonchev–Trinajstić information content (AvgIpc) is 2.92. The number of methoxy groups -OCH3 is 1. The van der Waals surface area contributed by atoms with Crippen molar-refractivity contribution >= 4 is 40.1 Å². The lowest BCUT2D eigenvalue weighted by Gasteiger charge is -2.11. The van der Waals surface area contributed by atoms with Crippen LogP contribution in [0.25, 0.3) is 0 Å². The van der Waals surface area contributed by atoms with Crippen LogP contribution in [0.15, 0.2) is 35.3 Å². The number of benzene rings is 1. The van der Waals surface area contributed by atoms with Gasteiger partial charge < -0.3 is 15.2 Å². The number of hydrogen-bond donors (Lipinski definition) is 2. The Bertz CT molecular complexity index is 687. The fraction of sp³-hybridized carbons (Fsp3) is 0.143. The summed E-state index contributed by atoms with van der Waals surface area (Å²) in [6, 6.07) is 3.41. The van der Waals surface area contributed by atoms with Gasteiger partial charge in [0.15, 0.2) is 11.5 Å². The molecule has 0 saturated heterocycles. The summed E-state index contributed by atoms with van der Waals surface area (Å²) in [7, 11) is 1.56. The number of nitrogens with one attached hydrogen (secondary N) is 1. The molecule has 6 nitrogen and oxygen atoms in total. The number of hydrazone groups is 1. The first kappa shape index (κ1) is 16.1. The van der Waals surface area contributed by atoms with Crippen LogP contribution in [0.5, 0.6) is 11.5 Å². The van der Waals surface area contributed by atoms with Crippen molar-refractivity contribution in [3.05, 3.63) is 40.8 Å². The summed E-state index contributed by atoms with van der Waals surface area (Å²) in [5.74, 6) is 1.56. The maximum absolute atomic E-state index is 6.21. The van der Waals surface area contributed by atoms with Crippen LogP contribution in [0.3, 0.4) is 0 Å². The van der Waals surface area contributed by atoms with E-state index >= 15 is 0 Å². The van der Waals surface area contributed by atoms with E-state index < -0.39 is 0 Å². The van der Waals surface area contributed by atoms with E-state index in [9.17, 15) is 0 Å².